The Morgan fingerprint density at radius 2 is 2.29 bits per heavy atom. The molecule has 0 saturated carbocycles. The molecule has 1 amide bonds. The molecule has 1 aliphatic heterocycles. The van der Waals surface area contributed by atoms with Crippen LogP contribution < -0.4 is 10.6 Å². The Bertz CT molecular complexity index is 679. The maximum absolute atomic E-state index is 12.6. The summed E-state index contributed by atoms with van der Waals surface area (Å²) in [5, 5.41) is 14.4. The number of hydrogen-bond acceptors (Lipinski definition) is 3. The number of carbonyl (C=O) groups is 1. The Balaban J connectivity index is 1.85. The van der Waals surface area contributed by atoms with Gasteiger partial charge < -0.3 is 10.6 Å². The fourth-order valence-corrected chi connectivity index (χ4v) is 3.19. The fourth-order valence-electron chi connectivity index (χ4n) is 2.82. The van der Waals surface area contributed by atoms with Crippen molar-refractivity contribution in [2.45, 2.75) is 26.3 Å². The van der Waals surface area contributed by atoms with Gasteiger partial charge in [0.15, 0.2) is 5.69 Å². The van der Waals surface area contributed by atoms with E-state index in [-0.39, 0.29) is 17.4 Å². The normalized spacial score (nSPS) is 21.4. The van der Waals surface area contributed by atoms with E-state index in [0.29, 0.717) is 5.69 Å². The molecule has 0 radical (unpaired) electrons. The van der Waals surface area contributed by atoms with Crippen LogP contribution in [0.1, 0.15) is 30.8 Å². The number of carbonyl (C=O) groups excluding carboxylic acids is 1. The number of hydrogen-bond donors (Lipinski definition) is 3. The van der Waals surface area contributed by atoms with Crippen LogP contribution in [0.5, 0.6) is 0 Å². The van der Waals surface area contributed by atoms with Crippen LogP contribution in [0, 0.1) is 5.41 Å². The fraction of sp³-hybridized carbons (Fsp3) is 0.467. The van der Waals surface area contributed by atoms with Crippen LogP contribution in [0.2, 0.25) is 0 Å². The quantitative estimate of drug-likeness (QED) is 0.778. The highest BCUT2D eigenvalue weighted by Crippen LogP contribution is 2.26. The maximum Gasteiger partial charge on any atom is 0.272 e. The van der Waals surface area contributed by atoms with Gasteiger partial charge in [-0.3, -0.25) is 9.89 Å². The molecule has 1 fully saturated rings. The smallest absolute Gasteiger partial charge is 0.272 e. The van der Waals surface area contributed by atoms with Crippen molar-refractivity contribution in [3.8, 4) is 0 Å². The lowest BCUT2D eigenvalue weighted by Crippen LogP contribution is -2.54. The molecule has 5 nitrogen and oxygen atoms in total. The molecular formula is C15H19BrN4O. The van der Waals surface area contributed by atoms with Crippen LogP contribution in [-0.4, -0.2) is 35.2 Å². The first-order valence-corrected chi connectivity index (χ1v) is 7.92. The number of aromatic amines is 1. The molecule has 2 heterocycles. The van der Waals surface area contributed by atoms with Gasteiger partial charge in [0.1, 0.15) is 0 Å². The van der Waals surface area contributed by atoms with Crippen LogP contribution in [0.25, 0.3) is 10.9 Å². The summed E-state index contributed by atoms with van der Waals surface area (Å²) in [4.78, 5) is 12.6. The number of piperidine rings is 1. The Morgan fingerprint density at radius 1 is 1.48 bits per heavy atom. The van der Waals surface area contributed by atoms with E-state index in [2.05, 4.69) is 50.6 Å². The van der Waals surface area contributed by atoms with E-state index < -0.39 is 0 Å². The molecule has 1 saturated heterocycles. The average Bonchev–Trinajstić information content (AvgIpc) is 2.84. The van der Waals surface area contributed by atoms with Crippen LogP contribution >= 0.6 is 15.9 Å². The van der Waals surface area contributed by atoms with Crippen LogP contribution in [-0.2, 0) is 0 Å². The molecule has 0 aliphatic carbocycles. The standard InChI is InChI=1S/C15H19BrN4O/c1-15(2)8-17-6-5-12(15)18-14(21)13-10-7-9(16)3-4-11(10)19-20-13/h3-4,7,12,17H,5-6,8H2,1-2H3,(H,18,21)(H,19,20). The van der Waals surface area contributed by atoms with Gasteiger partial charge in [0.05, 0.1) is 5.52 Å². The summed E-state index contributed by atoms with van der Waals surface area (Å²) in [7, 11) is 0. The van der Waals surface area contributed by atoms with E-state index in [0.717, 1.165) is 34.9 Å². The first-order chi connectivity index (χ1) is 9.97. The molecule has 1 unspecified atom stereocenters. The number of nitrogens with zero attached hydrogens (tertiary/aromatic N) is 1. The molecule has 0 spiro atoms. The van der Waals surface area contributed by atoms with Crippen molar-refractivity contribution in [2.24, 2.45) is 5.41 Å². The second-order valence-corrected chi connectivity index (χ2v) is 7.16. The van der Waals surface area contributed by atoms with Crippen molar-refractivity contribution in [1.82, 2.24) is 20.8 Å². The molecule has 1 aliphatic rings. The summed E-state index contributed by atoms with van der Waals surface area (Å²) in [5.74, 6) is -0.112. The summed E-state index contributed by atoms with van der Waals surface area (Å²) < 4.78 is 0.938. The molecule has 0 bridgehead atoms. The molecule has 6 heteroatoms. The Morgan fingerprint density at radius 3 is 3.05 bits per heavy atom. The summed E-state index contributed by atoms with van der Waals surface area (Å²) in [6.45, 7) is 6.18. The monoisotopic (exact) mass is 350 g/mol. The molecule has 112 valence electrons. The third kappa shape index (κ3) is 2.82. The Kier molecular flexibility index (Phi) is 3.75. The number of amides is 1. The number of aromatic nitrogens is 2. The van der Waals surface area contributed by atoms with Crippen molar-refractivity contribution in [3.05, 3.63) is 28.4 Å². The van der Waals surface area contributed by atoms with Crippen molar-refractivity contribution < 1.29 is 4.79 Å². The topological polar surface area (TPSA) is 69.8 Å². The van der Waals surface area contributed by atoms with Crippen LogP contribution in [0.15, 0.2) is 22.7 Å². The highest BCUT2D eigenvalue weighted by Gasteiger charge is 2.33. The van der Waals surface area contributed by atoms with Crippen LogP contribution in [0.3, 0.4) is 0 Å². The van der Waals surface area contributed by atoms with E-state index in [1.165, 1.54) is 0 Å². The molecule has 1 aromatic carbocycles. The Labute approximate surface area is 132 Å². The van der Waals surface area contributed by atoms with Crippen molar-refractivity contribution >= 4 is 32.7 Å². The maximum atomic E-state index is 12.6. The van der Waals surface area contributed by atoms with Gasteiger partial charge in [-0.2, -0.15) is 5.10 Å². The summed E-state index contributed by atoms with van der Waals surface area (Å²) in [6.07, 6.45) is 0.935. The minimum absolute atomic E-state index is 0.0423. The van der Waals surface area contributed by atoms with Gasteiger partial charge in [-0.05, 0) is 36.6 Å². The Hall–Kier alpha value is -1.40. The zero-order valence-electron chi connectivity index (χ0n) is 12.2. The van der Waals surface area contributed by atoms with E-state index >= 15 is 0 Å². The molecule has 3 rings (SSSR count). The minimum atomic E-state index is -0.112. The molecule has 3 N–H and O–H groups in total. The number of benzene rings is 1. The van der Waals surface area contributed by atoms with Crippen molar-refractivity contribution in [3.63, 3.8) is 0 Å². The van der Waals surface area contributed by atoms with E-state index in [9.17, 15) is 4.79 Å². The van der Waals surface area contributed by atoms with E-state index in [1.807, 2.05) is 18.2 Å². The predicted molar refractivity (Wildman–Crippen MR) is 86.3 cm³/mol. The van der Waals surface area contributed by atoms with Gasteiger partial charge in [0, 0.05) is 22.4 Å². The number of nitrogens with one attached hydrogen (secondary N) is 3. The van der Waals surface area contributed by atoms with E-state index in [1.54, 1.807) is 0 Å². The summed E-state index contributed by atoms with van der Waals surface area (Å²) >= 11 is 3.44. The van der Waals surface area contributed by atoms with Gasteiger partial charge in [0.2, 0.25) is 0 Å². The minimum Gasteiger partial charge on any atom is -0.347 e. The molecule has 1 aromatic heterocycles. The summed E-state index contributed by atoms with van der Waals surface area (Å²) in [5.41, 5.74) is 1.37. The number of H-pyrrole nitrogens is 1. The first-order valence-electron chi connectivity index (χ1n) is 7.12. The van der Waals surface area contributed by atoms with Gasteiger partial charge in [-0.25, -0.2) is 0 Å². The third-order valence-corrected chi connectivity index (χ3v) is 4.67. The van der Waals surface area contributed by atoms with Gasteiger partial charge in [0.25, 0.3) is 5.91 Å². The van der Waals surface area contributed by atoms with Gasteiger partial charge in [-0.1, -0.05) is 29.8 Å². The average molecular weight is 351 g/mol. The third-order valence-electron chi connectivity index (χ3n) is 4.18. The number of halogens is 1. The molecule has 2 aromatic rings. The second-order valence-electron chi connectivity index (χ2n) is 6.24. The molecule has 21 heavy (non-hydrogen) atoms. The summed E-state index contributed by atoms with van der Waals surface area (Å²) in [6, 6.07) is 5.92. The second kappa shape index (κ2) is 5.42. The molecular weight excluding hydrogens is 332 g/mol. The van der Waals surface area contributed by atoms with Gasteiger partial charge in [-0.15, -0.1) is 0 Å². The van der Waals surface area contributed by atoms with Gasteiger partial charge >= 0.3 is 0 Å². The van der Waals surface area contributed by atoms with Crippen molar-refractivity contribution in [2.75, 3.05) is 13.1 Å². The zero-order valence-corrected chi connectivity index (χ0v) is 13.8. The number of fused-ring (bicyclic) bond motifs is 1. The van der Waals surface area contributed by atoms with E-state index in [4.69, 9.17) is 0 Å². The first kappa shape index (κ1) is 14.5. The highest BCUT2D eigenvalue weighted by molar-refractivity contribution is 9.10. The largest absolute Gasteiger partial charge is 0.347 e. The lowest BCUT2D eigenvalue weighted by atomic mass is 9.80. The van der Waals surface area contributed by atoms with Crippen LogP contribution in [0.4, 0.5) is 0 Å². The SMILES string of the molecule is CC1(C)CNCCC1NC(=O)c1n[nH]c2ccc(Br)cc12. The number of rotatable bonds is 2. The zero-order chi connectivity index (χ0) is 15.0. The highest BCUT2D eigenvalue weighted by atomic mass is 79.9. The van der Waals surface area contributed by atoms with Crippen molar-refractivity contribution in [1.29, 1.82) is 0 Å². The lowest BCUT2D eigenvalue weighted by Gasteiger charge is -2.39. The lowest BCUT2D eigenvalue weighted by molar-refractivity contribution is 0.0865. The molecule has 1 atom stereocenters. The predicted octanol–water partition coefficient (Wildman–Crippen LogP) is 2.44.